The van der Waals surface area contributed by atoms with Crippen molar-refractivity contribution in [2.24, 2.45) is 23.7 Å². The predicted molar refractivity (Wildman–Crippen MR) is 325 cm³/mol. The number of hydrogen-bond acceptors (Lipinski definition) is 18. The van der Waals surface area contributed by atoms with Gasteiger partial charge in [0.1, 0.15) is 71.8 Å². The molecule has 0 saturated carbocycles. The quantitative estimate of drug-likeness (QED) is 0.118. The monoisotopic (exact) mass is 1250 g/mol. The van der Waals surface area contributed by atoms with Crippen LogP contribution in [0.4, 0.5) is 5.69 Å². The molecule has 28 heteroatoms. The van der Waals surface area contributed by atoms with Crippen LogP contribution in [-0.2, 0) is 57.4 Å². The second-order valence-corrected chi connectivity index (χ2v) is 25.5. The molecule has 0 spiro atoms. The Hall–Kier alpha value is -8.72. The number of amides is 10. The van der Waals surface area contributed by atoms with Crippen molar-refractivity contribution >= 4 is 87.8 Å². The lowest BCUT2D eigenvalue weighted by Gasteiger charge is -2.36. The minimum Gasteiger partial charge on any atom is -0.458 e. The molecule has 10 atom stereocenters. The SMILES string of the molecule is Cc1c2oc3c(C)ccc(C(=O)N[C@H]4C(=O)N[C@@H](C(C)C)C(=O)N5CCC[C@@H]5C(=O)N(C)CC(=O)N(C)[C@H](C(C)C)C(=O)OC4C)c3nc-2c(C(=O)N[C@H]2C(=O)N[C@@H](C(C)C)C(=O)N3CCC[C@@H]3C(=O)N(C)CC(=O)N(C)[C@H](C(C)C)C(=O)O[C@@H]2C)c(N)c1=O. The Balaban J connectivity index is 1.32. The van der Waals surface area contributed by atoms with Gasteiger partial charge in [0.05, 0.1) is 29.9 Å². The molecule has 1 unspecified atom stereocenters. The molecule has 90 heavy (non-hydrogen) atoms. The van der Waals surface area contributed by atoms with Crippen LogP contribution in [0.2, 0.25) is 0 Å². The van der Waals surface area contributed by atoms with Crippen LogP contribution in [0.15, 0.2) is 21.3 Å². The molecular weight excluding hydrogens is 1170 g/mol. The van der Waals surface area contributed by atoms with Crippen LogP contribution in [0, 0.1) is 37.5 Å². The number of aryl methyl sites for hydroxylation is 1. The van der Waals surface area contributed by atoms with Gasteiger partial charge in [-0.1, -0.05) is 61.5 Å². The van der Waals surface area contributed by atoms with Gasteiger partial charge in [0.15, 0.2) is 11.3 Å². The summed E-state index contributed by atoms with van der Waals surface area (Å²) in [6, 6.07) is -7.90. The summed E-state index contributed by atoms with van der Waals surface area (Å²) in [5, 5.41) is 10.7. The van der Waals surface area contributed by atoms with E-state index in [0.29, 0.717) is 18.4 Å². The highest BCUT2D eigenvalue weighted by atomic mass is 16.6. The molecule has 1 aliphatic carbocycles. The number of nitrogens with two attached hydrogens (primary N) is 1. The van der Waals surface area contributed by atoms with E-state index in [4.69, 9.17) is 24.6 Å². The van der Waals surface area contributed by atoms with E-state index in [1.54, 1.807) is 62.3 Å². The average Bonchev–Trinajstić information content (AvgIpc) is 0.893. The number of esters is 2. The fraction of sp³-hybridized carbons (Fsp3) is 0.613. The number of carbonyl (C=O) groups is 12. The molecule has 4 fully saturated rings. The Morgan fingerprint density at radius 2 is 1.03 bits per heavy atom. The highest BCUT2D eigenvalue weighted by Crippen LogP contribution is 2.35. The summed E-state index contributed by atoms with van der Waals surface area (Å²) in [4.78, 5) is 199. The van der Waals surface area contributed by atoms with E-state index in [1.807, 2.05) is 0 Å². The molecule has 6 N–H and O–H groups in total. The van der Waals surface area contributed by atoms with Crippen LogP contribution in [0.1, 0.15) is 127 Å². The number of ether oxygens (including phenoxy) is 2. The lowest BCUT2D eigenvalue weighted by Crippen LogP contribution is -2.61. The van der Waals surface area contributed by atoms with Crippen molar-refractivity contribution in [3.63, 3.8) is 0 Å². The summed E-state index contributed by atoms with van der Waals surface area (Å²) in [5.41, 5.74) is 3.57. The zero-order valence-electron chi connectivity index (χ0n) is 54.1. The van der Waals surface area contributed by atoms with Crippen molar-refractivity contribution in [2.75, 3.05) is 60.1 Å². The fourth-order valence-electron chi connectivity index (χ4n) is 12.3. The number of carbonyl (C=O) groups excluding carboxylic acids is 12. The first-order chi connectivity index (χ1) is 42.1. The van der Waals surface area contributed by atoms with Gasteiger partial charge >= 0.3 is 11.9 Å². The van der Waals surface area contributed by atoms with Gasteiger partial charge in [0.2, 0.25) is 52.7 Å². The first-order valence-electron chi connectivity index (χ1n) is 30.5. The lowest BCUT2D eigenvalue weighted by atomic mass is 9.98. The largest absolute Gasteiger partial charge is 0.458 e. The molecule has 1 aromatic carbocycles. The van der Waals surface area contributed by atoms with Crippen molar-refractivity contribution in [3.05, 3.63) is 44.6 Å². The molecule has 0 aromatic heterocycles. The molecule has 1 aromatic rings. The summed E-state index contributed by atoms with van der Waals surface area (Å²) < 4.78 is 18.3. The van der Waals surface area contributed by atoms with Crippen LogP contribution >= 0.6 is 0 Å². The Labute approximate surface area is 522 Å². The van der Waals surface area contributed by atoms with E-state index in [-0.39, 0.29) is 53.9 Å². The van der Waals surface area contributed by atoms with E-state index in [1.165, 1.54) is 80.7 Å². The molecular formula is C62H86N12O16. The van der Waals surface area contributed by atoms with Gasteiger partial charge in [-0.15, -0.1) is 0 Å². The van der Waals surface area contributed by atoms with E-state index in [9.17, 15) is 52.7 Å². The predicted octanol–water partition coefficient (Wildman–Crippen LogP) is 0.726. The van der Waals surface area contributed by atoms with Gasteiger partial charge in [-0.2, -0.15) is 0 Å². The number of nitrogen functional groups attached to an aromatic ring is 1. The normalized spacial score (nSPS) is 26.2. The van der Waals surface area contributed by atoms with Gasteiger partial charge < -0.3 is 70.3 Å². The maximum Gasteiger partial charge on any atom is 0.329 e. The van der Waals surface area contributed by atoms with Crippen molar-refractivity contribution in [3.8, 4) is 11.5 Å². The first kappa shape index (κ1) is 68.8. The number of nitrogens with zero attached hydrogens (tertiary/aromatic N) is 7. The maximum absolute atomic E-state index is 15.2. The van der Waals surface area contributed by atoms with E-state index in [2.05, 4.69) is 21.3 Å². The third kappa shape index (κ3) is 13.7. The van der Waals surface area contributed by atoms with Crippen molar-refractivity contribution in [2.45, 2.75) is 169 Å². The van der Waals surface area contributed by atoms with E-state index >= 15 is 9.59 Å². The van der Waals surface area contributed by atoms with Crippen LogP contribution in [0.5, 0.6) is 0 Å². The molecule has 4 saturated heterocycles. The Kier molecular flexibility index (Phi) is 21.1. The molecule has 28 nitrogen and oxygen atoms in total. The zero-order chi connectivity index (χ0) is 67.0. The van der Waals surface area contributed by atoms with Gasteiger partial charge in [0, 0.05) is 46.8 Å². The van der Waals surface area contributed by atoms with Crippen LogP contribution in [-0.4, -0.2) is 220 Å². The lowest BCUT2D eigenvalue weighted by molar-refractivity contribution is -0.163. The van der Waals surface area contributed by atoms with Gasteiger partial charge in [-0.05, 0) is 88.7 Å². The Bertz CT molecular complexity index is 3420. The van der Waals surface area contributed by atoms with Crippen molar-refractivity contribution in [1.82, 2.24) is 55.7 Å². The molecule has 5 aliphatic heterocycles. The van der Waals surface area contributed by atoms with Crippen LogP contribution < -0.4 is 32.4 Å². The second-order valence-electron chi connectivity index (χ2n) is 25.5. The number of benzene rings is 2. The minimum absolute atomic E-state index is 0.0763. The number of hydrogen-bond donors (Lipinski definition) is 5. The highest BCUT2D eigenvalue weighted by Gasteiger charge is 2.46. The Morgan fingerprint density at radius 3 is 1.44 bits per heavy atom. The van der Waals surface area contributed by atoms with Gasteiger partial charge in [-0.3, -0.25) is 52.7 Å². The van der Waals surface area contributed by atoms with Crippen molar-refractivity contribution in [1.29, 1.82) is 0 Å². The van der Waals surface area contributed by atoms with Crippen LogP contribution in [0.25, 0.3) is 22.6 Å². The molecule has 7 rings (SSSR count). The van der Waals surface area contributed by atoms with E-state index in [0.717, 1.165) is 9.80 Å². The number of aromatic nitrogens is 1. The summed E-state index contributed by atoms with van der Waals surface area (Å²) in [5.74, 6) is -12.4. The third-order valence-electron chi connectivity index (χ3n) is 17.5. The standard InChI is InChI=1S/C62H86N12O16/c1-27(2)42-59(84)73-23-17-19-36(73)57(82)69(13)25-38(75)71(15)48(29(5)6)61(86)88-33(11)44(55(80)65-42)67-53(78)35-22-21-31(9)51-46(35)64-47-40(41(63)50(77)32(10)52(47)90-51)54(79)68-45-34(12)89-62(87)49(30(7)8)72(16)39(76)26-70(14)58(83)37-20-18-24-74(37)60(85)43(28(3)4)66-56(45)81/h21-22,27-30,33-34,36-37,42-45,48-49H,17-20,23-26,63H2,1-16H3,(H,65,80)(H,66,81)(H,67,78)(H,68,79)/t33?,34-,36-,37-,42+,43+,44-,45-,48-,49-/m1/s1. The number of nitrogens with one attached hydrogen (secondary N) is 4. The molecule has 0 bridgehead atoms. The topological polar surface area (TPSA) is 360 Å². The first-order valence-corrected chi connectivity index (χ1v) is 30.5. The average molecular weight is 1260 g/mol. The van der Waals surface area contributed by atoms with Gasteiger partial charge in [-0.25, -0.2) is 14.6 Å². The highest BCUT2D eigenvalue weighted by molar-refractivity contribution is 6.10. The minimum atomic E-state index is -1.88. The molecule has 0 radical (unpaired) electrons. The summed E-state index contributed by atoms with van der Waals surface area (Å²) in [6.45, 7) is 18.4. The number of rotatable bonds is 8. The number of fused-ring (bicyclic) bond motifs is 4. The fourth-order valence-corrected chi connectivity index (χ4v) is 12.3. The van der Waals surface area contributed by atoms with Gasteiger partial charge in [0.25, 0.3) is 11.8 Å². The number of anilines is 1. The summed E-state index contributed by atoms with van der Waals surface area (Å²) in [7, 11) is 5.59. The summed E-state index contributed by atoms with van der Waals surface area (Å²) >= 11 is 0. The van der Waals surface area contributed by atoms with Crippen molar-refractivity contribution < 1.29 is 71.4 Å². The number of likely N-dealkylation sites (N-methyl/N-ethyl adjacent to an activating group) is 4. The molecule has 5 heterocycles. The third-order valence-corrected chi connectivity index (χ3v) is 17.5. The van der Waals surface area contributed by atoms with E-state index < -0.39 is 191 Å². The second kappa shape index (κ2) is 27.6. The van der Waals surface area contributed by atoms with Crippen LogP contribution in [0.3, 0.4) is 0 Å². The Morgan fingerprint density at radius 1 is 0.611 bits per heavy atom. The zero-order valence-corrected chi connectivity index (χ0v) is 54.1. The number of cyclic esters (lactones) is 2. The summed E-state index contributed by atoms with van der Waals surface area (Å²) in [6.07, 6.45) is -1.65. The maximum atomic E-state index is 15.2. The molecule has 490 valence electrons. The molecule has 10 amide bonds. The molecule has 6 aliphatic rings. The smallest absolute Gasteiger partial charge is 0.329 e.